The predicted octanol–water partition coefficient (Wildman–Crippen LogP) is 3.75. The molecule has 2 atom stereocenters. The van der Waals surface area contributed by atoms with Crippen molar-refractivity contribution in [1.82, 2.24) is 0 Å². The van der Waals surface area contributed by atoms with Crippen LogP contribution in [0.4, 0.5) is 0 Å². The molecule has 0 N–H and O–H groups in total. The van der Waals surface area contributed by atoms with E-state index in [-0.39, 0.29) is 0 Å². The number of hydrogen-bond acceptors (Lipinski definition) is 1. The first kappa shape index (κ1) is 8.05. The third-order valence-electron chi connectivity index (χ3n) is 3.70. The highest BCUT2D eigenvalue weighted by atomic mass is 32.1. The van der Waals surface area contributed by atoms with Gasteiger partial charge in [-0.1, -0.05) is 6.92 Å². The molecule has 1 heterocycles. The van der Waals surface area contributed by atoms with Crippen LogP contribution in [0.15, 0.2) is 6.07 Å². The quantitative estimate of drug-likeness (QED) is 0.635. The standard InChI is InChI=1S/C12H16S/c1-2-10-7-11-9-4-3-8(5-9)6-12(11)13-10/h7-9H,2-6H2,1H3. The smallest absolute Gasteiger partial charge is 0.00857 e. The molecule has 2 unspecified atom stereocenters. The van der Waals surface area contributed by atoms with Gasteiger partial charge in [0.2, 0.25) is 0 Å². The molecule has 0 nitrogen and oxygen atoms in total. The van der Waals surface area contributed by atoms with Crippen LogP contribution in [-0.4, -0.2) is 0 Å². The molecule has 1 aromatic rings. The van der Waals surface area contributed by atoms with Crippen LogP contribution in [0.3, 0.4) is 0 Å². The molecule has 0 aliphatic heterocycles. The molecule has 13 heavy (non-hydrogen) atoms. The zero-order chi connectivity index (χ0) is 8.84. The average molecular weight is 192 g/mol. The van der Waals surface area contributed by atoms with Gasteiger partial charge in [-0.15, -0.1) is 11.3 Å². The van der Waals surface area contributed by atoms with E-state index in [1.807, 2.05) is 0 Å². The van der Waals surface area contributed by atoms with E-state index in [0.29, 0.717) is 0 Å². The fraction of sp³-hybridized carbons (Fsp3) is 0.667. The van der Waals surface area contributed by atoms with Crippen molar-refractivity contribution in [3.8, 4) is 0 Å². The largest absolute Gasteiger partial charge is 0.145 e. The van der Waals surface area contributed by atoms with Crippen LogP contribution in [0.25, 0.3) is 0 Å². The Kier molecular flexibility index (Phi) is 1.76. The number of hydrogen-bond donors (Lipinski definition) is 0. The van der Waals surface area contributed by atoms with Gasteiger partial charge in [0.25, 0.3) is 0 Å². The summed E-state index contributed by atoms with van der Waals surface area (Å²) in [5.74, 6) is 1.99. The van der Waals surface area contributed by atoms with Gasteiger partial charge in [-0.3, -0.25) is 0 Å². The second-order valence-electron chi connectivity index (χ2n) is 4.52. The van der Waals surface area contributed by atoms with Crippen LogP contribution >= 0.6 is 11.3 Å². The van der Waals surface area contributed by atoms with E-state index in [0.717, 1.165) is 11.8 Å². The Balaban J connectivity index is 2.04. The molecule has 1 fully saturated rings. The maximum absolute atomic E-state index is 2.49. The summed E-state index contributed by atoms with van der Waals surface area (Å²) in [6.45, 7) is 2.27. The molecule has 0 spiro atoms. The highest BCUT2D eigenvalue weighted by Crippen LogP contribution is 2.48. The van der Waals surface area contributed by atoms with E-state index < -0.39 is 0 Å². The molecule has 3 rings (SSSR count). The van der Waals surface area contributed by atoms with Gasteiger partial charge >= 0.3 is 0 Å². The van der Waals surface area contributed by atoms with Crippen LogP contribution in [0.5, 0.6) is 0 Å². The minimum Gasteiger partial charge on any atom is -0.145 e. The highest BCUT2D eigenvalue weighted by molar-refractivity contribution is 7.12. The Morgan fingerprint density at radius 3 is 3.23 bits per heavy atom. The fourth-order valence-electron chi connectivity index (χ4n) is 2.98. The summed E-state index contributed by atoms with van der Waals surface area (Å²) in [6.07, 6.45) is 7.09. The summed E-state index contributed by atoms with van der Waals surface area (Å²) >= 11 is 2.08. The van der Waals surface area contributed by atoms with Crippen molar-refractivity contribution < 1.29 is 0 Å². The third kappa shape index (κ3) is 1.17. The summed E-state index contributed by atoms with van der Waals surface area (Å²) in [7, 11) is 0. The summed E-state index contributed by atoms with van der Waals surface area (Å²) in [5, 5.41) is 0. The lowest BCUT2D eigenvalue weighted by Crippen LogP contribution is -2.06. The lowest BCUT2D eigenvalue weighted by Gasteiger charge is -2.18. The summed E-state index contributed by atoms with van der Waals surface area (Å²) in [4.78, 5) is 3.34. The number of fused-ring (bicyclic) bond motifs is 4. The van der Waals surface area contributed by atoms with E-state index in [9.17, 15) is 0 Å². The Labute approximate surface area is 84.0 Å². The molecule has 2 aliphatic carbocycles. The number of aryl methyl sites for hydroxylation is 1. The summed E-state index contributed by atoms with van der Waals surface area (Å²) < 4.78 is 0. The molecule has 1 heteroatoms. The molecule has 70 valence electrons. The topological polar surface area (TPSA) is 0 Å². The van der Waals surface area contributed by atoms with Gasteiger partial charge in [0.1, 0.15) is 0 Å². The van der Waals surface area contributed by atoms with Crippen molar-refractivity contribution >= 4 is 11.3 Å². The van der Waals surface area contributed by atoms with Crippen LogP contribution in [0, 0.1) is 5.92 Å². The molecule has 2 aliphatic rings. The zero-order valence-corrected chi connectivity index (χ0v) is 8.99. The van der Waals surface area contributed by atoms with Crippen molar-refractivity contribution in [2.45, 2.75) is 44.9 Å². The van der Waals surface area contributed by atoms with Crippen molar-refractivity contribution in [2.75, 3.05) is 0 Å². The predicted molar refractivity (Wildman–Crippen MR) is 57.5 cm³/mol. The average Bonchev–Trinajstić information content (AvgIpc) is 2.71. The Bertz CT molecular complexity index is 324. The number of rotatable bonds is 1. The van der Waals surface area contributed by atoms with Crippen LogP contribution in [-0.2, 0) is 12.8 Å². The van der Waals surface area contributed by atoms with Crippen molar-refractivity contribution in [3.63, 3.8) is 0 Å². The maximum atomic E-state index is 2.49. The number of thiophene rings is 1. The van der Waals surface area contributed by atoms with Gasteiger partial charge in [0.15, 0.2) is 0 Å². The van der Waals surface area contributed by atoms with Crippen LogP contribution < -0.4 is 0 Å². The van der Waals surface area contributed by atoms with Gasteiger partial charge in [-0.2, -0.15) is 0 Å². The van der Waals surface area contributed by atoms with E-state index in [1.54, 1.807) is 15.3 Å². The summed E-state index contributed by atoms with van der Waals surface area (Å²) in [6, 6.07) is 2.49. The second-order valence-corrected chi connectivity index (χ2v) is 5.75. The molecule has 2 bridgehead atoms. The van der Waals surface area contributed by atoms with Gasteiger partial charge in [-0.05, 0) is 55.6 Å². The normalized spacial score (nSPS) is 30.5. The van der Waals surface area contributed by atoms with Crippen LogP contribution in [0.1, 0.15) is 47.4 Å². The van der Waals surface area contributed by atoms with Crippen LogP contribution in [0.2, 0.25) is 0 Å². The highest BCUT2D eigenvalue weighted by Gasteiger charge is 2.33. The van der Waals surface area contributed by atoms with E-state index in [1.165, 1.54) is 32.1 Å². The second kappa shape index (κ2) is 2.84. The first-order valence-electron chi connectivity index (χ1n) is 5.48. The molecular formula is C12H16S. The molecule has 0 radical (unpaired) electrons. The van der Waals surface area contributed by atoms with Crippen molar-refractivity contribution in [2.24, 2.45) is 5.92 Å². The van der Waals surface area contributed by atoms with Gasteiger partial charge < -0.3 is 0 Å². The minimum atomic E-state index is 0.949. The van der Waals surface area contributed by atoms with E-state index in [4.69, 9.17) is 0 Å². The van der Waals surface area contributed by atoms with Gasteiger partial charge in [0.05, 0.1) is 0 Å². The third-order valence-corrected chi connectivity index (χ3v) is 5.01. The first-order chi connectivity index (χ1) is 6.36. The molecule has 1 saturated carbocycles. The first-order valence-corrected chi connectivity index (χ1v) is 6.30. The van der Waals surface area contributed by atoms with Crippen molar-refractivity contribution in [3.05, 3.63) is 21.4 Å². The van der Waals surface area contributed by atoms with Crippen molar-refractivity contribution in [1.29, 1.82) is 0 Å². The lowest BCUT2D eigenvalue weighted by atomic mass is 9.88. The van der Waals surface area contributed by atoms with E-state index >= 15 is 0 Å². The minimum absolute atomic E-state index is 0.949. The molecule has 0 amide bonds. The summed E-state index contributed by atoms with van der Waals surface area (Å²) in [5.41, 5.74) is 1.73. The van der Waals surface area contributed by atoms with Gasteiger partial charge in [-0.25, -0.2) is 0 Å². The van der Waals surface area contributed by atoms with E-state index in [2.05, 4.69) is 24.3 Å². The Hall–Kier alpha value is -0.300. The fourth-order valence-corrected chi connectivity index (χ4v) is 4.29. The molecule has 0 aromatic carbocycles. The molecule has 1 aromatic heterocycles. The van der Waals surface area contributed by atoms with Gasteiger partial charge in [0, 0.05) is 9.75 Å². The zero-order valence-electron chi connectivity index (χ0n) is 8.18. The monoisotopic (exact) mass is 192 g/mol. The maximum Gasteiger partial charge on any atom is 0.00857 e. The Morgan fingerprint density at radius 1 is 1.46 bits per heavy atom. The Morgan fingerprint density at radius 2 is 2.38 bits per heavy atom. The molecule has 0 saturated heterocycles. The molecular weight excluding hydrogens is 176 g/mol. The SMILES string of the molecule is CCc1cc2c(s1)CC1CCC2C1. The lowest BCUT2D eigenvalue weighted by molar-refractivity contribution is 0.517.